The van der Waals surface area contributed by atoms with E-state index in [4.69, 9.17) is 17.0 Å². The third-order valence-corrected chi connectivity index (χ3v) is 3.83. The highest BCUT2D eigenvalue weighted by atomic mass is 32.1. The summed E-state index contributed by atoms with van der Waals surface area (Å²) in [7, 11) is 0. The van der Waals surface area contributed by atoms with Crippen molar-refractivity contribution in [3.05, 3.63) is 33.7 Å². The molecule has 1 aromatic heterocycles. The van der Waals surface area contributed by atoms with Gasteiger partial charge in [-0.1, -0.05) is 0 Å². The van der Waals surface area contributed by atoms with Crippen LogP contribution in [-0.2, 0) is 16.0 Å². The number of aryl methyl sites for hydroxylation is 1. The van der Waals surface area contributed by atoms with Crippen molar-refractivity contribution in [1.82, 2.24) is 10.6 Å². The molecule has 1 aliphatic rings. The van der Waals surface area contributed by atoms with Gasteiger partial charge in [-0.3, -0.25) is 0 Å². The van der Waals surface area contributed by atoms with Gasteiger partial charge < -0.3 is 15.4 Å². The van der Waals surface area contributed by atoms with E-state index in [0.29, 0.717) is 23.8 Å². The molecule has 102 valence electrons. The van der Waals surface area contributed by atoms with Crippen LogP contribution in [0.25, 0.3) is 0 Å². The van der Waals surface area contributed by atoms with Gasteiger partial charge in [-0.05, 0) is 54.4 Å². The van der Waals surface area contributed by atoms with Gasteiger partial charge in [0.15, 0.2) is 5.11 Å². The molecular formula is C13H16N2O2S2. The lowest BCUT2D eigenvalue weighted by atomic mass is 10.2. The molecule has 2 N–H and O–H groups in total. The molecule has 0 radical (unpaired) electrons. The molecule has 0 fully saturated rings. The number of carbonyl (C=O) groups is 1. The minimum absolute atomic E-state index is 0.273. The number of rotatable bonds is 5. The minimum atomic E-state index is -0.273. The van der Waals surface area contributed by atoms with Crippen LogP contribution in [0, 0.1) is 0 Å². The molecule has 19 heavy (non-hydrogen) atoms. The fourth-order valence-electron chi connectivity index (χ4n) is 1.78. The Labute approximate surface area is 121 Å². The zero-order chi connectivity index (χ0) is 13.7. The number of esters is 1. The highest BCUT2D eigenvalue weighted by Gasteiger charge is 2.19. The summed E-state index contributed by atoms with van der Waals surface area (Å²) in [5, 5.41) is 10.6. The van der Waals surface area contributed by atoms with Crippen molar-refractivity contribution in [1.29, 1.82) is 0 Å². The summed E-state index contributed by atoms with van der Waals surface area (Å²) in [6.07, 6.45) is 1.78. The summed E-state index contributed by atoms with van der Waals surface area (Å²) in [5.74, 6) is -0.273. The maximum absolute atomic E-state index is 11.9. The van der Waals surface area contributed by atoms with Crippen molar-refractivity contribution in [2.45, 2.75) is 19.8 Å². The third kappa shape index (κ3) is 4.04. The van der Waals surface area contributed by atoms with Gasteiger partial charge in [0.25, 0.3) is 0 Å². The van der Waals surface area contributed by atoms with Crippen LogP contribution < -0.4 is 10.6 Å². The SMILES string of the molecule is CC1=C(C(=O)OCCCc2ccsc2)CNC(=S)N1. The summed E-state index contributed by atoms with van der Waals surface area (Å²) < 4.78 is 5.27. The maximum Gasteiger partial charge on any atom is 0.337 e. The molecular weight excluding hydrogens is 280 g/mol. The predicted molar refractivity (Wildman–Crippen MR) is 80.0 cm³/mol. The molecule has 1 aliphatic heterocycles. The van der Waals surface area contributed by atoms with E-state index >= 15 is 0 Å². The van der Waals surface area contributed by atoms with Crippen molar-refractivity contribution in [2.24, 2.45) is 0 Å². The number of hydrogen-bond acceptors (Lipinski definition) is 4. The van der Waals surface area contributed by atoms with Gasteiger partial charge in [0, 0.05) is 5.70 Å². The third-order valence-electron chi connectivity index (χ3n) is 2.85. The summed E-state index contributed by atoms with van der Waals surface area (Å²) in [4.78, 5) is 11.9. The number of ether oxygens (including phenoxy) is 1. The van der Waals surface area contributed by atoms with Crippen LogP contribution in [0.4, 0.5) is 0 Å². The Balaban J connectivity index is 1.75. The summed E-state index contributed by atoms with van der Waals surface area (Å²) in [6.45, 7) is 2.70. The van der Waals surface area contributed by atoms with Crippen LogP contribution in [0.15, 0.2) is 28.1 Å². The molecule has 0 unspecified atom stereocenters. The Bertz CT molecular complexity index is 495. The van der Waals surface area contributed by atoms with E-state index in [1.54, 1.807) is 11.3 Å². The zero-order valence-electron chi connectivity index (χ0n) is 10.7. The molecule has 2 rings (SSSR count). The fourth-order valence-corrected chi connectivity index (χ4v) is 2.71. The normalized spacial score (nSPS) is 14.9. The molecule has 0 bridgehead atoms. The number of allylic oxidation sites excluding steroid dienone is 1. The van der Waals surface area contributed by atoms with Gasteiger partial charge in [-0.15, -0.1) is 0 Å². The predicted octanol–water partition coefficient (Wildman–Crippen LogP) is 1.98. The molecule has 0 aliphatic carbocycles. The lowest BCUT2D eigenvalue weighted by Crippen LogP contribution is -2.42. The zero-order valence-corrected chi connectivity index (χ0v) is 12.3. The lowest BCUT2D eigenvalue weighted by molar-refractivity contribution is -0.139. The van der Waals surface area contributed by atoms with Crippen molar-refractivity contribution in [3.8, 4) is 0 Å². The number of nitrogens with one attached hydrogen (secondary N) is 2. The molecule has 0 aromatic carbocycles. The fraction of sp³-hybridized carbons (Fsp3) is 0.385. The minimum Gasteiger partial charge on any atom is -0.462 e. The van der Waals surface area contributed by atoms with Gasteiger partial charge in [0.1, 0.15) is 0 Å². The summed E-state index contributed by atoms with van der Waals surface area (Å²) >= 11 is 6.65. The average molecular weight is 296 g/mol. The number of carbonyl (C=O) groups excluding carboxylic acids is 1. The van der Waals surface area contributed by atoms with Crippen LogP contribution in [0.2, 0.25) is 0 Å². The molecule has 2 heterocycles. The van der Waals surface area contributed by atoms with Gasteiger partial charge in [-0.25, -0.2) is 4.79 Å². The topological polar surface area (TPSA) is 50.4 Å². The largest absolute Gasteiger partial charge is 0.462 e. The Hall–Kier alpha value is -1.40. The lowest BCUT2D eigenvalue weighted by Gasteiger charge is -2.20. The Morgan fingerprint density at radius 2 is 2.42 bits per heavy atom. The Morgan fingerprint density at radius 1 is 1.58 bits per heavy atom. The summed E-state index contributed by atoms with van der Waals surface area (Å²) in [5.41, 5.74) is 2.68. The molecule has 1 aromatic rings. The van der Waals surface area contributed by atoms with E-state index in [-0.39, 0.29) is 5.97 Å². The summed E-state index contributed by atoms with van der Waals surface area (Å²) in [6, 6.07) is 2.09. The molecule has 6 heteroatoms. The highest BCUT2D eigenvalue weighted by Crippen LogP contribution is 2.10. The van der Waals surface area contributed by atoms with Gasteiger partial charge >= 0.3 is 5.97 Å². The second-order valence-electron chi connectivity index (χ2n) is 4.28. The Morgan fingerprint density at radius 3 is 3.11 bits per heavy atom. The van der Waals surface area contributed by atoms with E-state index in [2.05, 4.69) is 27.5 Å². The van der Waals surface area contributed by atoms with Crippen molar-refractivity contribution < 1.29 is 9.53 Å². The number of thiocarbonyl (C=S) groups is 1. The second kappa shape index (κ2) is 6.68. The Kier molecular flexibility index (Phi) is 4.93. The van der Waals surface area contributed by atoms with E-state index in [0.717, 1.165) is 18.5 Å². The van der Waals surface area contributed by atoms with E-state index < -0.39 is 0 Å². The van der Waals surface area contributed by atoms with Gasteiger partial charge in [0.2, 0.25) is 0 Å². The van der Waals surface area contributed by atoms with Crippen molar-refractivity contribution in [2.75, 3.05) is 13.2 Å². The first-order valence-electron chi connectivity index (χ1n) is 6.09. The molecule has 0 atom stereocenters. The number of hydrogen-bond donors (Lipinski definition) is 2. The quantitative estimate of drug-likeness (QED) is 0.494. The molecule has 0 amide bonds. The first-order chi connectivity index (χ1) is 9.16. The standard InChI is InChI=1S/C13H16N2O2S2/c1-9-11(7-14-13(18)15-9)12(16)17-5-2-3-10-4-6-19-8-10/h4,6,8H,2-3,5,7H2,1H3,(H2,14,15,18). The number of thiophene rings is 1. The molecule has 0 saturated carbocycles. The van der Waals surface area contributed by atoms with Crippen LogP contribution in [0.1, 0.15) is 18.9 Å². The molecule has 0 saturated heterocycles. The van der Waals surface area contributed by atoms with E-state index in [1.807, 2.05) is 6.92 Å². The smallest absolute Gasteiger partial charge is 0.337 e. The average Bonchev–Trinajstić information content (AvgIpc) is 2.87. The maximum atomic E-state index is 11.9. The molecule has 0 spiro atoms. The van der Waals surface area contributed by atoms with Crippen molar-refractivity contribution >= 4 is 34.6 Å². The molecule has 4 nitrogen and oxygen atoms in total. The van der Waals surface area contributed by atoms with Crippen LogP contribution in [-0.4, -0.2) is 24.2 Å². The van der Waals surface area contributed by atoms with Gasteiger partial charge in [-0.2, -0.15) is 11.3 Å². The van der Waals surface area contributed by atoms with Crippen molar-refractivity contribution in [3.63, 3.8) is 0 Å². The van der Waals surface area contributed by atoms with Crippen LogP contribution in [0.3, 0.4) is 0 Å². The second-order valence-corrected chi connectivity index (χ2v) is 5.47. The first-order valence-corrected chi connectivity index (χ1v) is 7.44. The van der Waals surface area contributed by atoms with Gasteiger partial charge in [0.05, 0.1) is 18.7 Å². The monoisotopic (exact) mass is 296 g/mol. The van der Waals surface area contributed by atoms with E-state index in [1.165, 1.54) is 5.56 Å². The van der Waals surface area contributed by atoms with E-state index in [9.17, 15) is 4.79 Å². The van der Waals surface area contributed by atoms with Crippen LogP contribution >= 0.6 is 23.6 Å². The van der Waals surface area contributed by atoms with Crippen LogP contribution in [0.5, 0.6) is 0 Å². The highest BCUT2D eigenvalue weighted by molar-refractivity contribution is 7.80. The first kappa shape index (κ1) is 14.0.